The summed E-state index contributed by atoms with van der Waals surface area (Å²) in [4.78, 5) is 19.8. The standard InChI is InChI=1S/C23H30N4O3/c1-5-19-15(2)24-22-11-20(25-27(22)23(19)28)17-8-9-26(12-17)13-18-10-16(14-29-3)6-7-21(18)30-4/h6-7,10-11,17,25H,5,8-9,12-14H2,1-4H3/t17-/m1/s1. The van der Waals surface area contributed by atoms with Gasteiger partial charge in [0, 0.05) is 54.7 Å². The molecule has 1 aromatic carbocycles. The second-order valence-corrected chi connectivity index (χ2v) is 8.04. The van der Waals surface area contributed by atoms with Crippen molar-refractivity contribution in [3.63, 3.8) is 0 Å². The number of ether oxygens (including phenoxy) is 2. The first kappa shape index (κ1) is 20.6. The van der Waals surface area contributed by atoms with Gasteiger partial charge in [-0.25, -0.2) is 9.50 Å². The maximum Gasteiger partial charge on any atom is 0.276 e. The summed E-state index contributed by atoms with van der Waals surface area (Å²) >= 11 is 0. The minimum absolute atomic E-state index is 0.0146. The zero-order valence-corrected chi connectivity index (χ0v) is 18.2. The van der Waals surface area contributed by atoms with Gasteiger partial charge in [0.2, 0.25) is 0 Å². The van der Waals surface area contributed by atoms with Crippen LogP contribution in [0.3, 0.4) is 0 Å². The fourth-order valence-electron chi connectivity index (χ4n) is 4.49. The number of aromatic amines is 1. The van der Waals surface area contributed by atoms with Gasteiger partial charge in [0.1, 0.15) is 5.75 Å². The number of aryl methyl sites for hydroxylation is 1. The molecular formula is C23H30N4O3. The Balaban J connectivity index is 1.53. The Morgan fingerprint density at radius 3 is 2.83 bits per heavy atom. The lowest BCUT2D eigenvalue weighted by atomic mass is 10.1. The minimum Gasteiger partial charge on any atom is -0.496 e. The van der Waals surface area contributed by atoms with E-state index in [1.54, 1.807) is 18.7 Å². The van der Waals surface area contributed by atoms with Crippen molar-refractivity contribution in [3.05, 3.63) is 62.7 Å². The van der Waals surface area contributed by atoms with E-state index in [2.05, 4.69) is 21.0 Å². The van der Waals surface area contributed by atoms with E-state index in [1.807, 2.05) is 32.0 Å². The van der Waals surface area contributed by atoms with Crippen LogP contribution < -0.4 is 10.3 Å². The second-order valence-electron chi connectivity index (χ2n) is 8.04. The smallest absolute Gasteiger partial charge is 0.276 e. The van der Waals surface area contributed by atoms with Gasteiger partial charge in [-0.3, -0.25) is 14.8 Å². The van der Waals surface area contributed by atoms with Crippen LogP contribution in [0.1, 0.15) is 47.3 Å². The molecule has 1 N–H and O–H groups in total. The third-order valence-corrected chi connectivity index (χ3v) is 6.05. The number of methoxy groups -OCH3 is 2. The van der Waals surface area contributed by atoms with E-state index in [9.17, 15) is 4.79 Å². The third-order valence-electron chi connectivity index (χ3n) is 6.05. The highest BCUT2D eigenvalue weighted by molar-refractivity contribution is 5.43. The van der Waals surface area contributed by atoms with Crippen LogP contribution in [-0.4, -0.2) is 46.8 Å². The van der Waals surface area contributed by atoms with Crippen LogP contribution in [0.2, 0.25) is 0 Å². The summed E-state index contributed by atoms with van der Waals surface area (Å²) < 4.78 is 12.4. The molecule has 1 atom stereocenters. The van der Waals surface area contributed by atoms with E-state index >= 15 is 0 Å². The summed E-state index contributed by atoms with van der Waals surface area (Å²) in [6.07, 6.45) is 1.73. The fraction of sp³-hybridized carbons (Fsp3) is 0.478. The van der Waals surface area contributed by atoms with Crippen LogP contribution in [0.5, 0.6) is 5.75 Å². The maximum absolute atomic E-state index is 12.7. The third kappa shape index (κ3) is 3.87. The van der Waals surface area contributed by atoms with Gasteiger partial charge in [-0.15, -0.1) is 0 Å². The fourth-order valence-corrected chi connectivity index (χ4v) is 4.49. The van der Waals surface area contributed by atoms with Gasteiger partial charge in [0.25, 0.3) is 5.56 Å². The van der Waals surface area contributed by atoms with E-state index in [-0.39, 0.29) is 5.56 Å². The number of nitrogens with one attached hydrogen (secondary N) is 1. The molecule has 3 heterocycles. The minimum atomic E-state index is 0.0146. The van der Waals surface area contributed by atoms with Crippen molar-refractivity contribution in [2.75, 3.05) is 27.3 Å². The van der Waals surface area contributed by atoms with Gasteiger partial charge in [-0.2, -0.15) is 0 Å². The van der Waals surface area contributed by atoms with E-state index in [0.717, 1.165) is 54.3 Å². The molecule has 2 aromatic heterocycles. The lowest BCUT2D eigenvalue weighted by molar-refractivity contribution is 0.184. The molecule has 1 aliphatic heterocycles. The molecule has 0 aliphatic carbocycles. The van der Waals surface area contributed by atoms with Gasteiger partial charge in [-0.1, -0.05) is 13.0 Å². The molecule has 0 amide bonds. The van der Waals surface area contributed by atoms with Crippen molar-refractivity contribution in [1.82, 2.24) is 19.5 Å². The molecule has 0 radical (unpaired) electrons. The average Bonchev–Trinajstić information content (AvgIpc) is 3.36. The summed E-state index contributed by atoms with van der Waals surface area (Å²) in [6, 6.07) is 8.25. The Kier molecular flexibility index (Phi) is 5.92. The van der Waals surface area contributed by atoms with E-state index in [4.69, 9.17) is 9.47 Å². The monoisotopic (exact) mass is 410 g/mol. The average molecular weight is 411 g/mol. The molecule has 4 rings (SSSR count). The molecule has 3 aromatic rings. The number of hydrogen-bond donors (Lipinski definition) is 1. The van der Waals surface area contributed by atoms with Crippen LogP contribution in [-0.2, 0) is 24.3 Å². The van der Waals surface area contributed by atoms with Crippen molar-refractivity contribution < 1.29 is 9.47 Å². The maximum atomic E-state index is 12.7. The topological polar surface area (TPSA) is 71.9 Å². The quantitative estimate of drug-likeness (QED) is 0.648. The summed E-state index contributed by atoms with van der Waals surface area (Å²) in [6.45, 7) is 7.25. The summed E-state index contributed by atoms with van der Waals surface area (Å²) in [5, 5.41) is 3.31. The molecule has 1 aliphatic rings. The van der Waals surface area contributed by atoms with E-state index in [0.29, 0.717) is 24.6 Å². The molecule has 7 heteroatoms. The molecule has 30 heavy (non-hydrogen) atoms. The van der Waals surface area contributed by atoms with Gasteiger partial charge in [0.05, 0.1) is 13.7 Å². The summed E-state index contributed by atoms with van der Waals surface area (Å²) in [7, 11) is 3.42. The van der Waals surface area contributed by atoms with E-state index in [1.165, 1.54) is 5.56 Å². The molecule has 160 valence electrons. The van der Waals surface area contributed by atoms with E-state index < -0.39 is 0 Å². The predicted octanol–water partition coefficient (Wildman–Crippen LogP) is 3.04. The van der Waals surface area contributed by atoms with Gasteiger partial charge >= 0.3 is 0 Å². The van der Waals surface area contributed by atoms with Crippen molar-refractivity contribution in [2.45, 2.75) is 45.8 Å². The highest BCUT2D eigenvalue weighted by Crippen LogP contribution is 2.30. The lowest BCUT2D eigenvalue weighted by Crippen LogP contribution is -2.22. The van der Waals surface area contributed by atoms with Crippen molar-refractivity contribution in [2.24, 2.45) is 0 Å². The first-order valence-electron chi connectivity index (χ1n) is 10.5. The van der Waals surface area contributed by atoms with Gasteiger partial charge in [0.15, 0.2) is 5.65 Å². The number of fused-ring (bicyclic) bond motifs is 1. The second kappa shape index (κ2) is 8.62. The normalized spacial score (nSPS) is 17.1. The molecule has 0 bridgehead atoms. The van der Waals surface area contributed by atoms with Crippen molar-refractivity contribution >= 4 is 5.65 Å². The molecule has 1 fully saturated rings. The number of H-pyrrole nitrogens is 1. The Morgan fingerprint density at radius 1 is 1.27 bits per heavy atom. The molecule has 0 unspecified atom stereocenters. The predicted molar refractivity (Wildman–Crippen MR) is 116 cm³/mol. The number of hydrogen-bond acceptors (Lipinski definition) is 5. The number of rotatable bonds is 7. The number of benzene rings is 1. The molecule has 0 spiro atoms. The highest BCUT2D eigenvalue weighted by atomic mass is 16.5. The first-order valence-corrected chi connectivity index (χ1v) is 10.5. The SMILES string of the molecule is CCc1c(C)nc2cc([C@@H]3CCN(Cc4cc(COC)ccc4OC)C3)[nH]n2c1=O. The molecule has 0 saturated carbocycles. The van der Waals surface area contributed by atoms with Gasteiger partial charge in [-0.05, 0) is 44.0 Å². The Labute approximate surface area is 176 Å². The molecule has 1 saturated heterocycles. The zero-order valence-electron chi connectivity index (χ0n) is 18.2. The van der Waals surface area contributed by atoms with Crippen molar-refractivity contribution in [3.8, 4) is 5.75 Å². The van der Waals surface area contributed by atoms with Crippen LogP contribution in [0, 0.1) is 6.92 Å². The lowest BCUT2D eigenvalue weighted by Gasteiger charge is -2.18. The Morgan fingerprint density at radius 2 is 2.10 bits per heavy atom. The largest absolute Gasteiger partial charge is 0.496 e. The Hall–Kier alpha value is -2.64. The summed E-state index contributed by atoms with van der Waals surface area (Å²) in [5.41, 5.74) is 5.71. The molecular weight excluding hydrogens is 380 g/mol. The van der Waals surface area contributed by atoms with Crippen molar-refractivity contribution in [1.29, 1.82) is 0 Å². The van der Waals surface area contributed by atoms with Crippen LogP contribution >= 0.6 is 0 Å². The summed E-state index contributed by atoms with van der Waals surface area (Å²) in [5.74, 6) is 1.26. The highest BCUT2D eigenvalue weighted by Gasteiger charge is 2.26. The first-order chi connectivity index (χ1) is 14.5. The van der Waals surface area contributed by atoms with Crippen LogP contribution in [0.4, 0.5) is 0 Å². The number of nitrogens with zero attached hydrogens (tertiary/aromatic N) is 3. The Bertz CT molecular complexity index is 1100. The zero-order chi connectivity index (χ0) is 21.3. The van der Waals surface area contributed by atoms with Crippen LogP contribution in [0.25, 0.3) is 5.65 Å². The number of aromatic nitrogens is 3. The number of likely N-dealkylation sites (tertiary alicyclic amines) is 1. The van der Waals surface area contributed by atoms with Gasteiger partial charge < -0.3 is 9.47 Å². The molecule has 7 nitrogen and oxygen atoms in total. The van der Waals surface area contributed by atoms with Crippen LogP contribution in [0.15, 0.2) is 29.1 Å².